The van der Waals surface area contributed by atoms with Crippen LogP contribution in [-0.4, -0.2) is 22.8 Å². The third-order valence-electron chi connectivity index (χ3n) is 4.94. The van der Waals surface area contributed by atoms with Crippen molar-refractivity contribution in [2.75, 3.05) is 0 Å². The number of aromatic amines is 1. The molecule has 0 spiro atoms. The first-order chi connectivity index (χ1) is 16.7. The molecule has 0 aliphatic rings. The lowest BCUT2D eigenvalue weighted by atomic mass is 10.0. The van der Waals surface area contributed by atoms with Crippen molar-refractivity contribution in [3.63, 3.8) is 0 Å². The first-order valence-electron chi connectivity index (χ1n) is 9.77. The Balaban J connectivity index is 1.52. The zero-order valence-electron chi connectivity index (χ0n) is 17.3. The Bertz CT molecular complexity index is 1730. The molecule has 5 rings (SSSR count). The van der Waals surface area contributed by atoms with Crippen molar-refractivity contribution in [3.05, 3.63) is 87.1 Å². The number of nitrogens with zero attached hydrogens (tertiary/aromatic N) is 2. The molecular weight excluding hydrogens is 524 g/mol. The van der Waals surface area contributed by atoms with Crippen molar-refractivity contribution >= 4 is 44.1 Å². The van der Waals surface area contributed by atoms with Gasteiger partial charge in [0.15, 0.2) is 27.0 Å². The molecule has 2 aromatic heterocycles. The molecule has 8 nitrogen and oxygen atoms in total. The van der Waals surface area contributed by atoms with Gasteiger partial charge in [-0.25, -0.2) is 27.0 Å². The summed E-state index contributed by atoms with van der Waals surface area (Å²) in [6, 6.07) is 10.5. The molecule has 0 atom stereocenters. The van der Waals surface area contributed by atoms with E-state index in [1.165, 1.54) is 24.5 Å². The number of rotatable bonds is 6. The minimum atomic E-state index is -4.22. The summed E-state index contributed by atoms with van der Waals surface area (Å²) >= 11 is 6.98. The molecule has 0 unspecified atom stereocenters. The van der Waals surface area contributed by atoms with Gasteiger partial charge in [0.1, 0.15) is 33.6 Å². The normalized spacial score (nSPS) is 11.7. The van der Waals surface area contributed by atoms with E-state index in [9.17, 15) is 22.0 Å². The second-order valence-corrected chi connectivity index (χ2v) is 10.5. The van der Waals surface area contributed by atoms with Gasteiger partial charge in [-0.15, -0.1) is 0 Å². The van der Waals surface area contributed by atoms with Crippen LogP contribution in [0, 0.1) is 11.6 Å². The lowest BCUT2D eigenvalue weighted by molar-refractivity contribution is 0.433. The van der Waals surface area contributed by atoms with Gasteiger partial charge in [-0.05, 0) is 53.5 Å². The average Bonchev–Trinajstić information content (AvgIpc) is 3.44. The van der Waals surface area contributed by atoms with E-state index in [1.807, 2.05) is 0 Å². The van der Waals surface area contributed by atoms with E-state index in [4.69, 9.17) is 20.8 Å². The molecule has 13 heteroatoms. The van der Waals surface area contributed by atoms with Gasteiger partial charge < -0.3 is 9.15 Å². The molecule has 0 radical (unpaired) electrons. The summed E-state index contributed by atoms with van der Waals surface area (Å²) in [5.41, 5.74) is 1.67. The van der Waals surface area contributed by atoms with Crippen LogP contribution in [-0.2, 0) is 15.6 Å². The predicted octanol–water partition coefficient (Wildman–Crippen LogP) is 5.34. The van der Waals surface area contributed by atoms with Crippen LogP contribution in [0.5, 0.6) is 11.5 Å². The number of hydrogen-bond acceptors (Lipinski definition) is 8. The molecule has 1 N–H and O–H groups in total. The van der Waals surface area contributed by atoms with Gasteiger partial charge >= 0.3 is 5.76 Å². The van der Waals surface area contributed by atoms with Crippen LogP contribution >= 0.6 is 23.1 Å². The van der Waals surface area contributed by atoms with Crippen molar-refractivity contribution < 1.29 is 26.4 Å². The quantitative estimate of drug-likeness (QED) is 0.312. The molecule has 0 saturated carbocycles. The standard InChI is InChI=1S/C22H12ClF2N3O5S2/c23-12-2-4-17(13(6-12)11-1-3-16-19(5-11)33-22(29)28-16)32-18-7-15(25)20(8-14(18)24)35(30,31)9-21-26-10-27-34-21/h1-8,10H,9H2,(H,28,29). The molecule has 0 fully saturated rings. The number of sulfone groups is 1. The molecule has 35 heavy (non-hydrogen) atoms. The molecule has 0 aliphatic heterocycles. The largest absolute Gasteiger partial charge is 0.454 e. The number of fused-ring (bicyclic) bond motifs is 1. The van der Waals surface area contributed by atoms with Crippen molar-refractivity contribution in [3.8, 4) is 22.6 Å². The Morgan fingerprint density at radius 2 is 1.89 bits per heavy atom. The van der Waals surface area contributed by atoms with Crippen LogP contribution in [0.4, 0.5) is 8.78 Å². The second-order valence-electron chi connectivity index (χ2n) is 7.28. The average molecular weight is 536 g/mol. The molecule has 0 aliphatic carbocycles. The van der Waals surface area contributed by atoms with E-state index in [0.29, 0.717) is 33.8 Å². The maximum Gasteiger partial charge on any atom is 0.417 e. The van der Waals surface area contributed by atoms with Crippen molar-refractivity contribution in [2.24, 2.45) is 0 Å². The Hall–Kier alpha value is -3.61. The summed E-state index contributed by atoms with van der Waals surface area (Å²) in [6.07, 6.45) is 1.18. The van der Waals surface area contributed by atoms with Gasteiger partial charge in [0.05, 0.1) is 5.52 Å². The summed E-state index contributed by atoms with van der Waals surface area (Å²) in [4.78, 5) is 16.9. The van der Waals surface area contributed by atoms with Crippen molar-refractivity contribution in [2.45, 2.75) is 10.6 Å². The van der Waals surface area contributed by atoms with E-state index < -0.39 is 43.6 Å². The number of aromatic nitrogens is 3. The fourth-order valence-electron chi connectivity index (χ4n) is 3.37. The first kappa shape index (κ1) is 23.1. The van der Waals surface area contributed by atoms with Crippen LogP contribution in [0.3, 0.4) is 0 Å². The minimum Gasteiger partial charge on any atom is -0.454 e. The highest BCUT2D eigenvalue weighted by molar-refractivity contribution is 7.90. The highest BCUT2D eigenvalue weighted by atomic mass is 35.5. The summed E-state index contributed by atoms with van der Waals surface area (Å²) in [7, 11) is -4.22. The number of hydrogen-bond donors (Lipinski definition) is 1. The molecule has 5 aromatic rings. The molecular formula is C22H12ClF2N3O5S2. The maximum atomic E-state index is 14.9. The lowest BCUT2D eigenvalue weighted by Gasteiger charge is -2.14. The lowest BCUT2D eigenvalue weighted by Crippen LogP contribution is -2.08. The van der Waals surface area contributed by atoms with Crippen LogP contribution in [0.2, 0.25) is 5.02 Å². The Kier molecular flexibility index (Phi) is 5.87. The third kappa shape index (κ3) is 4.67. The number of benzene rings is 3. The van der Waals surface area contributed by atoms with E-state index in [2.05, 4.69) is 14.3 Å². The Morgan fingerprint density at radius 1 is 1.06 bits per heavy atom. The van der Waals surface area contributed by atoms with Crippen LogP contribution in [0.1, 0.15) is 5.01 Å². The van der Waals surface area contributed by atoms with Gasteiger partial charge in [-0.2, -0.15) is 4.37 Å². The Labute approximate surface area is 204 Å². The molecule has 3 aromatic carbocycles. The van der Waals surface area contributed by atoms with E-state index in [1.54, 1.807) is 18.2 Å². The SMILES string of the molecule is O=c1[nH]c2ccc(-c3cc(Cl)ccc3Oc3cc(F)c(S(=O)(=O)Cc4ncns4)cc3F)cc2o1. The summed E-state index contributed by atoms with van der Waals surface area (Å²) < 4.78 is 69.2. The maximum absolute atomic E-state index is 14.9. The summed E-state index contributed by atoms with van der Waals surface area (Å²) in [6.45, 7) is 0. The zero-order chi connectivity index (χ0) is 24.7. The fraction of sp³-hybridized carbons (Fsp3) is 0.0455. The van der Waals surface area contributed by atoms with Crippen LogP contribution < -0.4 is 10.5 Å². The van der Waals surface area contributed by atoms with Crippen molar-refractivity contribution in [1.82, 2.24) is 14.3 Å². The highest BCUT2D eigenvalue weighted by Crippen LogP contribution is 2.38. The number of ether oxygens (including phenoxy) is 1. The first-order valence-corrected chi connectivity index (χ1v) is 12.6. The molecule has 0 saturated heterocycles. The number of nitrogens with one attached hydrogen (secondary N) is 1. The summed E-state index contributed by atoms with van der Waals surface area (Å²) in [5, 5.41) is 0.485. The van der Waals surface area contributed by atoms with E-state index >= 15 is 0 Å². The fourth-order valence-corrected chi connectivity index (χ4v) is 5.73. The third-order valence-corrected chi connectivity index (χ3v) is 7.65. The van der Waals surface area contributed by atoms with Gasteiger partial charge in [0, 0.05) is 16.7 Å². The van der Waals surface area contributed by atoms with Crippen molar-refractivity contribution in [1.29, 1.82) is 0 Å². The van der Waals surface area contributed by atoms with E-state index in [-0.39, 0.29) is 16.3 Å². The molecule has 178 valence electrons. The molecule has 2 heterocycles. The topological polar surface area (TPSA) is 115 Å². The van der Waals surface area contributed by atoms with Gasteiger partial charge in [0.2, 0.25) is 0 Å². The van der Waals surface area contributed by atoms with Crippen LogP contribution in [0.25, 0.3) is 22.2 Å². The van der Waals surface area contributed by atoms with Gasteiger partial charge in [-0.1, -0.05) is 17.7 Å². The van der Waals surface area contributed by atoms with Crippen LogP contribution in [0.15, 0.2) is 69.0 Å². The number of H-pyrrole nitrogens is 1. The highest BCUT2D eigenvalue weighted by Gasteiger charge is 2.25. The zero-order valence-corrected chi connectivity index (χ0v) is 19.7. The number of oxazole rings is 1. The molecule has 0 bridgehead atoms. The monoisotopic (exact) mass is 535 g/mol. The smallest absolute Gasteiger partial charge is 0.417 e. The summed E-state index contributed by atoms with van der Waals surface area (Å²) in [5.74, 6) is -3.94. The second kappa shape index (κ2) is 8.87. The minimum absolute atomic E-state index is 0.106. The number of halogens is 3. The van der Waals surface area contributed by atoms with E-state index in [0.717, 1.165) is 11.5 Å². The predicted molar refractivity (Wildman–Crippen MR) is 125 cm³/mol. The van der Waals surface area contributed by atoms with Gasteiger partial charge in [0.25, 0.3) is 0 Å². The van der Waals surface area contributed by atoms with Gasteiger partial charge in [-0.3, -0.25) is 4.98 Å². The Morgan fingerprint density at radius 3 is 2.66 bits per heavy atom. The molecule has 0 amide bonds.